The van der Waals surface area contributed by atoms with Gasteiger partial charge in [-0.15, -0.1) is 0 Å². The molecule has 2 aromatic rings. The van der Waals surface area contributed by atoms with Crippen LogP contribution in [0.15, 0.2) is 47.6 Å². The molecule has 1 aromatic carbocycles. The van der Waals surface area contributed by atoms with Gasteiger partial charge in [0.25, 0.3) is 0 Å². The third-order valence-corrected chi connectivity index (χ3v) is 3.59. The monoisotopic (exact) mass is 365 g/mol. The lowest BCUT2D eigenvalue weighted by Gasteiger charge is -2.15. The van der Waals surface area contributed by atoms with Crippen LogP contribution >= 0.6 is 0 Å². The molecule has 0 radical (unpaired) electrons. The Balaban J connectivity index is 1.80. The quantitative estimate of drug-likeness (QED) is 0.418. The third-order valence-electron chi connectivity index (χ3n) is 3.59. The Kier molecular flexibility index (Phi) is 6.82. The number of aryl methyl sites for hydroxylation is 1. The number of alkyl halides is 3. The number of aliphatic imine (C=N–C) groups is 1. The fraction of sp³-hybridized carbons (Fsp3) is 0.333. The van der Waals surface area contributed by atoms with E-state index < -0.39 is 11.7 Å². The Morgan fingerprint density at radius 3 is 2.62 bits per heavy atom. The van der Waals surface area contributed by atoms with Crippen molar-refractivity contribution in [3.8, 4) is 0 Å². The van der Waals surface area contributed by atoms with Crippen molar-refractivity contribution < 1.29 is 13.2 Å². The van der Waals surface area contributed by atoms with Crippen LogP contribution in [-0.2, 0) is 12.7 Å². The molecule has 0 bridgehead atoms. The number of nitrogens with one attached hydrogen (secondary N) is 3. The molecule has 2 rings (SSSR count). The Labute approximate surface area is 150 Å². The number of rotatable bonds is 6. The zero-order chi connectivity index (χ0) is 19.0. The molecular weight excluding hydrogens is 343 g/mol. The third kappa shape index (κ3) is 5.94. The van der Waals surface area contributed by atoms with Crippen LogP contribution in [0.1, 0.15) is 16.7 Å². The van der Waals surface area contributed by atoms with Crippen LogP contribution in [0.5, 0.6) is 0 Å². The zero-order valence-corrected chi connectivity index (χ0v) is 14.7. The van der Waals surface area contributed by atoms with Gasteiger partial charge < -0.3 is 16.0 Å². The van der Waals surface area contributed by atoms with Crippen molar-refractivity contribution in [1.82, 2.24) is 15.6 Å². The summed E-state index contributed by atoms with van der Waals surface area (Å²) in [4.78, 5) is 7.86. The molecule has 0 spiro atoms. The lowest BCUT2D eigenvalue weighted by molar-refractivity contribution is -0.137. The molecular formula is C18H22F3N5. The van der Waals surface area contributed by atoms with Crippen molar-refractivity contribution >= 4 is 11.8 Å². The van der Waals surface area contributed by atoms with E-state index in [2.05, 4.69) is 32.0 Å². The topological polar surface area (TPSA) is 61.3 Å². The summed E-state index contributed by atoms with van der Waals surface area (Å²) in [5.74, 6) is 0.398. The molecule has 1 aromatic heterocycles. The van der Waals surface area contributed by atoms with Crippen LogP contribution in [0.2, 0.25) is 0 Å². The van der Waals surface area contributed by atoms with Crippen molar-refractivity contribution in [2.24, 2.45) is 4.99 Å². The second-order valence-corrected chi connectivity index (χ2v) is 5.67. The standard InChI is InChI=1S/C18H22F3N5/c1-13-5-3-6-14(11-13)12-26-17(22-2)25-10-9-24-16-15(18(19,20)21)7-4-8-23-16/h3-8,11H,9-10,12H2,1-2H3,(H,23,24)(H2,22,25,26). The minimum Gasteiger partial charge on any atom is -0.368 e. The minimum absolute atomic E-state index is 0.176. The lowest BCUT2D eigenvalue weighted by Crippen LogP contribution is -2.39. The summed E-state index contributed by atoms with van der Waals surface area (Å²) in [6.07, 6.45) is -3.11. The van der Waals surface area contributed by atoms with Crippen LogP contribution < -0.4 is 16.0 Å². The van der Waals surface area contributed by atoms with Gasteiger partial charge in [0.05, 0.1) is 5.56 Å². The summed E-state index contributed by atoms with van der Waals surface area (Å²) < 4.78 is 38.7. The number of halogens is 3. The molecule has 26 heavy (non-hydrogen) atoms. The maximum Gasteiger partial charge on any atom is 0.419 e. The number of anilines is 1. The first-order chi connectivity index (χ1) is 12.4. The van der Waals surface area contributed by atoms with E-state index in [-0.39, 0.29) is 12.4 Å². The van der Waals surface area contributed by atoms with Gasteiger partial charge in [-0.05, 0) is 24.6 Å². The number of guanidine groups is 1. The van der Waals surface area contributed by atoms with Gasteiger partial charge in [0.15, 0.2) is 5.96 Å². The Morgan fingerprint density at radius 2 is 1.92 bits per heavy atom. The van der Waals surface area contributed by atoms with Crippen LogP contribution in [0.25, 0.3) is 0 Å². The largest absolute Gasteiger partial charge is 0.419 e. The molecule has 0 saturated heterocycles. The summed E-state index contributed by atoms with van der Waals surface area (Å²) in [5, 5.41) is 8.92. The smallest absolute Gasteiger partial charge is 0.368 e. The van der Waals surface area contributed by atoms with E-state index in [0.29, 0.717) is 19.0 Å². The second kappa shape index (κ2) is 9.07. The SMILES string of the molecule is CN=C(NCCNc1ncccc1C(F)(F)F)NCc1cccc(C)c1. The van der Waals surface area contributed by atoms with E-state index in [1.165, 1.54) is 17.8 Å². The number of nitrogens with zero attached hydrogens (tertiary/aromatic N) is 2. The van der Waals surface area contributed by atoms with E-state index >= 15 is 0 Å². The van der Waals surface area contributed by atoms with Crippen LogP contribution in [0.4, 0.5) is 19.0 Å². The number of hydrogen-bond donors (Lipinski definition) is 3. The highest BCUT2D eigenvalue weighted by atomic mass is 19.4. The molecule has 8 heteroatoms. The van der Waals surface area contributed by atoms with Crippen molar-refractivity contribution in [3.05, 3.63) is 59.3 Å². The van der Waals surface area contributed by atoms with Crippen LogP contribution in [-0.4, -0.2) is 31.1 Å². The van der Waals surface area contributed by atoms with Crippen LogP contribution in [0.3, 0.4) is 0 Å². The second-order valence-electron chi connectivity index (χ2n) is 5.67. The predicted molar refractivity (Wildman–Crippen MR) is 97.1 cm³/mol. The minimum atomic E-state index is -4.44. The van der Waals surface area contributed by atoms with Crippen LogP contribution in [0, 0.1) is 6.92 Å². The number of pyridine rings is 1. The van der Waals surface area contributed by atoms with Gasteiger partial charge in [0, 0.05) is 32.9 Å². The maximum absolute atomic E-state index is 12.9. The highest BCUT2D eigenvalue weighted by Crippen LogP contribution is 2.33. The lowest BCUT2D eigenvalue weighted by atomic mass is 10.1. The Morgan fingerprint density at radius 1 is 1.12 bits per heavy atom. The van der Waals surface area contributed by atoms with Gasteiger partial charge in [-0.2, -0.15) is 13.2 Å². The molecule has 0 fully saturated rings. The van der Waals surface area contributed by atoms with Crippen molar-refractivity contribution in [3.63, 3.8) is 0 Å². The first-order valence-electron chi connectivity index (χ1n) is 8.16. The van der Waals surface area contributed by atoms with E-state index in [9.17, 15) is 13.2 Å². The fourth-order valence-electron chi connectivity index (χ4n) is 2.37. The van der Waals surface area contributed by atoms with Gasteiger partial charge in [-0.1, -0.05) is 29.8 Å². The number of aromatic nitrogens is 1. The summed E-state index contributed by atoms with van der Waals surface area (Å²) in [6, 6.07) is 10.4. The average Bonchev–Trinajstić information content (AvgIpc) is 2.60. The molecule has 0 aliphatic heterocycles. The van der Waals surface area contributed by atoms with Gasteiger partial charge >= 0.3 is 6.18 Å². The number of hydrogen-bond acceptors (Lipinski definition) is 3. The molecule has 0 aliphatic rings. The van der Waals surface area contributed by atoms with E-state index in [1.54, 1.807) is 7.05 Å². The molecule has 0 amide bonds. The van der Waals surface area contributed by atoms with Crippen molar-refractivity contribution in [2.45, 2.75) is 19.6 Å². The molecule has 0 saturated carbocycles. The highest BCUT2D eigenvalue weighted by Gasteiger charge is 2.33. The molecule has 140 valence electrons. The molecule has 3 N–H and O–H groups in total. The molecule has 0 aliphatic carbocycles. The summed E-state index contributed by atoms with van der Waals surface area (Å²) in [6.45, 7) is 3.29. The van der Waals surface area contributed by atoms with Gasteiger partial charge in [-0.25, -0.2) is 4.98 Å². The molecule has 5 nitrogen and oxygen atoms in total. The summed E-state index contributed by atoms with van der Waals surface area (Å²) in [7, 11) is 1.64. The molecule has 0 unspecified atom stereocenters. The summed E-state index contributed by atoms with van der Waals surface area (Å²) in [5.41, 5.74) is 1.52. The van der Waals surface area contributed by atoms with E-state index in [1.807, 2.05) is 25.1 Å². The van der Waals surface area contributed by atoms with Crippen molar-refractivity contribution in [1.29, 1.82) is 0 Å². The highest BCUT2D eigenvalue weighted by molar-refractivity contribution is 5.79. The summed E-state index contributed by atoms with van der Waals surface area (Å²) >= 11 is 0. The normalized spacial score (nSPS) is 12.0. The molecule has 1 heterocycles. The van der Waals surface area contributed by atoms with Gasteiger partial charge in [0.2, 0.25) is 0 Å². The average molecular weight is 365 g/mol. The first-order valence-corrected chi connectivity index (χ1v) is 8.16. The van der Waals surface area contributed by atoms with E-state index in [4.69, 9.17) is 0 Å². The van der Waals surface area contributed by atoms with E-state index in [0.717, 1.165) is 11.6 Å². The van der Waals surface area contributed by atoms with Gasteiger partial charge in [0.1, 0.15) is 5.82 Å². The number of benzene rings is 1. The molecule has 0 atom stereocenters. The first kappa shape index (κ1) is 19.6. The van der Waals surface area contributed by atoms with Crippen molar-refractivity contribution in [2.75, 3.05) is 25.5 Å². The van der Waals surface area contributed by atoms with Gasteiger partial charge in [-0.3, -0.25) is 4.99 Å². The predicted octanol–water partition coefficient (Wildman–Crippen LogP) is 3.19. The Hall–Kier alpha value is -2.77. The Bertz CT molecular complexity index is 744. The fourth-order valence-corrected chi connectivity index (χ4v) is 2.37. The zero-order valence-electron chi connectivity index (χ0n) is 14.7. The maximum atomic E-state index is 12.9.